The Morgan fingerprint density at radius 2 is 1.62 bits per heavy atom. The Labute approximate surface area is 172 Å². The topological polar surface area (TPSA) is 66.5 Å². The van der Waals surface area contributed by atoms with Gasteiger partial charge in [-0.25, -0.2) is 4.98 Å². The van der Waals surface area contributed by atoms with E-state index in [4.69, 9.17) is 16.6 Å². The third-order valence-corrected chi connectivity index (χ3v) is 5.04. The molecular formula is C23H16ClN5. The van der Waals surface area contributed by atoms with Gasteiger partial charge in [0.2, 0.25) is 0 Å². The molecular weight excluding hydrogens is 382 g/mol. The molecule has 0 aliphatic carbocycles. The van der Waals surface area contributed by atoms with Crippen molar-refractivity contribution >= 4 is 34.1 Å². The number of pyridine rings is 2. The molecule has 3 heterocycles. The lowest BCUT2D eigenvalue weighted by Gasteiger charge is -2.11. The van der Waals surface area contributed by atoms with E-state index in [0.29, 0.717) is 10.8 Å². The number of aromatic nitrogens is 4. The van der Waals surface area contributed by atoms with Crippen LogP contribution in [0.2, 0.25) is 5.02 Å². The zero-order chi connectivity index (χ0) is 19.6. The minimum atomic E-state index is 0.656. The third-order valence-electron chi connectivity index (χ3n) is 4.71. The van der Waals surface area contributed by atoms with E-state index in [9.17, 15) is 0 Å². The van der Waals surface area contributed by atoms with Crippen LogP contribution < -0.4 is 5.32 Å². The van der Waals surface area contributed by atoms with E-state index in [1.807, 2.05) is 72.8 Å². The van der Waals surface area contributed by atoms with Crippen LogP contribution in [0.3, 0.4) is 0 Å². The largest absolute Gasteiger partial charge is 0.323 e. The van der Waals surface area contributed by atoms with Crippen LogP contribution in [-0.4, -0.2) is 20.2 Å². The maximum Gasteiger partial charge on any atom is 0.161 e. The first-order chi connectivity index (χ1) is 14.3. The molecule has 0 atom stereocenters. The van der Waals surface area contributed by atoms with Crippen LogP contribution in [0.15, 0.2) is 85.2 Å². The zero-order valence-electron chi connectivity index (χ0n) is 15.3. The molecule has 140 valence electrons. The standard InChI is InChI=1S/C23H16ClN5/c24-19-7-3-1-5-17(19)21-13-16(15-9-11-25-12-10-15)14-22(26-21)27-23-18-6-2-4-8-20(18)28-29-23/h1-14H,(H2,26,27,28,29). The van der Waals surface area contributed by atoms with Crippen molar-refractivity contribution in [1.82, 2.24) is 20.2 Å². The minimum absolute atomic E-state index is 0.656. The molecule has 2 aromatic carbocycles. The van der Waals surface area contributed by atoms with E-state index in [1.54, 1.807) is 12.4 Å². The van der Waals surface area contributed by atoms with E-state index >= 15 is 0 Å². The first-order valence-electron chi connectivity index (χ1n) is 9.15. The number of para-hydroxylation sites is 1. The molecule has 5 nitrogen and oxygen atoms in total. The van der Waals surface area contributed by atoms with Crippen LogP contribution in [0, 0.1) is 0 Å². The number of rotatable bonds is 4. The number of benzene rings is 2. The quantitative estimate of drug-likeness (QED) is 0.385. The van der Waals surface area contributed by atoms with E-state index in [0.717, 1.165) is 39.1 Å². The molecule has 0 aliphatic rings. The molecule has 0 saturated heterocycles. The lowest BCUT2D eigenvalue weighted by Crippen LogP contribution is -1.97. The number of hydrogen-bond donors (Lipinski definition) is 2. The molecule has 5 aromatic rings. The third kappa shape index (κ3) is 3.44. The Kier molecular flexibility index (Phi) is 4.42. The predicted octanol–water partition coefficient (Wildman–Crippen LogP) is 6.08. The van der Waals surface area contributed by atoms with E-state index in [1.165, 1.54) is 0 Å². The maximum atomic E-state index is 6.44. The van der Waals surface area contributed by atoms with Crippen molar-refractivity contribution in [2.75, 3.05) is 5.32 Å². The fourth-order valence-corrected chi connectivity index (χ4v) is 3.53. The number of anilines is 2. The summed E-state index contributed by atoms with van der Waals surface area (Å²) in [5.41, 5.74) is 4.68. The first kappa shape index (κ1) is 17.4. The number of nitrogens with zero attached hydrogens (tertiary/aromatic N) is 3. The van der Waals surface area contributed by atoms with Crippen LogP contribution in [0.4, 0.5) is 11.6 Å². The van der Waals surface area contributed by atoms with Crippen molar-refractivity contribution in [3.8, 4) is 22.4 Å². The minimum Gasteiger partial charge on any atom is -0.323 e. The molecule has 0 radical (unpaired) electrons. The van der Waals surface area contributed by atoms with Gasteiger partial charge in [-0.3, -0.25) is 10.1 Å². The van der Waals surface area contributed by atoms with Crippen LogP contribution in [0.25, 0.3) is 33.3 Å². The molecule has 0 saturated carbocycles. The number of aromatic amines is 1. The molecule has 6 heteroatoms. The summed E-state index contributed by atoms with van der Waals surface area (Å²) < 4.78 is 0. The summed E-state index contributed by atoms with van der Waals surface area (Å²) in [7, 11) is 0. The molecule has 29 heavy (non-hydrogen) atoms. The molecule has 0 aliphatic heterocycles. The lowest BCUT2D eigenvalue weighted by atomic mass is 10.0. The normalized spacial score (nSPS) is 10.9. The highest BCUT2D eigenvalue weighted by Crippen LogP contribution is 2.32. The summed E-state index contributed by atoms with van der Waals surface area (Å²) in [4.78, 5) is 8.92. The summed E-state index contributed by atoms with van der Waals surface area (Å²) in [5, 5.41) is 12.5. The summed E-state index contributed by atoms with van der Waals surface area (Å²) >= 11 is 6.44. The van der Waals surface area contributed by atoms with E-state index in [-0.39, 0.29) is 0 Å². The Hall–Kier alpha value is -3.70. The Morgan fingerprint density at radius 1 is 0.828 bits per heavy atom. The van der Waals surface area contributed by atoms with Crippen LogP contribution in [0.5, 0.6) is 0 Å². The smallest absolute Gasteiger partial charge is 0.161 e. The highest BCUT2D eigenvalue weighted by Gasteiger charge is 2.12. The monoisotopic (exact) mass is 397 g/mol. The summed E-state index contributed by atoms with van der Waals surface area (Å²) in [6.45, 7) is 0. The van der Waals surface area contributed by atoms with Crippen molar-refractivity contribution in [2.45, 2.75) is 0 Å². The lowest BCUT2D eigenvalue weighted by molar-refractivity contribution is 1.11. The van der Waals surface area contributed by atoms with Crippen molar-refractivity contribution in [3.63, 3.8) is 0 Å². The summed E-state index contributed by atoms with van der Waals surface area (Å²) in [6, 6.07) is 23.6. The second-order valence-corrected chi connectivity index (χ2v) is 6.99. The maximum absolute atomic E-state index is 6.44. The molecule has 0 amide bonds. The van der Waals surface area contributed by atoms with Gasteiger partial charge in [-0.05, 0) is 53.6 Å². The molecule has 0 fully saturated rings. The van der Waals surface area contributed by atoms with Gasteiger partial charge in [0.15, 0.2) is 5.82 Å². The Balaban J connectivity index is 1.64. The number of fused-ring (bicyclic) bond motifs is 1. The van der Waals surface area contributed by atoms with Gasteiger partial charge < -0.3 is 5.32 Å². The van der Waals surface area contributed by atoms with Gasteiger partial charge in [0, 0.05) is 28.4 Å². The fourth-order valence-electron chi connectivity index (χ4n) is 3.29. The molecule has 5 rings (SSSR count). The Bertz CT molecular complexity index is 1300. The second kappa shape index (κ2) is 7.37. The van der Waals surface area contributed by atoms with Gasteiger partial charge in [-0.2, -0.15) is 5.10 Å². The molecule has 2 N–H and O–H groups in total. The van der Waals surface area contributed by atoms with Crippen LogP contribution >= 0.6 is 11.6 Å². The first-order valence-corrected chi connectivity index (χ1v) is 9.53. The average Bonchev–Trinajstić information content (AvgIpc) is 3.17. The SMILES string of the molecule is Clc1ccccc1-c1cc(-c2ccncc2)cc(Nc2n[nH]c3ccccc23)n1. The number of H-pyrrole nitrogens is 1. The molecule has 3 aromatic heterocycles. The van der Waals surface area contributed by atoms with Crippen molar-refractivity contribution < 1.29 is 0 Å². The van der Waals surface area contributed by atoms with Crippen LogP contribution in [-0.2, 0) is 0 Å². The van der Waals surface area contributed by atoms with Gasteiger partial charge in [-0.1, -0.05) is 41.9 Å². The number of nitrogens with one attached hydrogen (secondary N) is 2. The summed E-state index contributed by atoms with van der Waals surface area (Å²) in [6.07, 6.45) is 3.55. The van der Waals surface area contributed by atoms with Crippen molar-refractivity contribution in [1.29, 1.82) is 0 Å². The van der Waals surface area contributed by atoms with Gasteiger partial charge in [0.1, 0.15) is 5.82 Å². The zero-order valence-corrected chi connectivity index (χ0v) is 16.1. The van der Waals surface area contributed by atoms with Crippen molar-refractivity contribution in [2.24, 2.45) is 0 Å². The van der Waals surface area contributed by atoms with Gasteiger partial charge in [-0.15, -0.1) is 0 Å². The predicted molar refractivity (Wildman–Crippen MR) is 117 cm³/mol. The van der Waals surface area contributed by atoms with Gasteiger partial charge in [0.05, 0.1) is 11.2 Å². The molecule has 0 unspecified atom stereocenters. The molecule has 0 spiro atoms. The van der Waals surface area contributed by atoms with E-state index < -0.39 is 0 Å². The number of halogens is 1. The summed E-state index contributed by atoms with van der Waals surface area (Å²) in [5.74, 6) is 1.41. The number of hydrogen-bond acceptors (Lipinski definition) is 4. The van der Waals surface area contributed by atoms with E-state index in [2.05, 4.69) is 20.5 Å². The highest BCUT2D eigenvalue weighted by molar-refractivity contribution is 6.33. The van der Waals surface area contributed by atoms with Crippen LogP contribution in [0.1, 0.15) is 0 Å². The average molecular weight is 398 g/mol. The fraction of sp³-hybridized carbons (Fsp3) is 0. The van der Waals surface area contributed by atoms with Gasteiger partial charge in [0.25, 0.3) is 0 Å². The second-order valence-electron chi connectivity index (χ2n) is 6.58. The Morgan fingerprint density at radius 3 is 2.48 bits per heavy atom. The molecule has 0 bridgehead atoms. The highest BCUT2D eigenvalue weighted by atomic mass is 35.5. The van der Waals surface area contributed by atoms with Crippen molar-refractivity contribution in [3.05, 3.63) is 90.2 Å². The van der Waals surface area contributed by atoms with Gasteiger partial charge >= 0.3 is 0 Å².